The van der Waals surface area contributed by atoms with Crippen molar-refractivity contribution in [2.75, 3.05) is 7.11 Å². The van der Waals surface area contributed by atoms with E-state index in [4.69, 9.17) is 4.74 Å². The van der Waals surface area contributed by atoms with Gasteiger partial charge in [-0.3, -0.25) is 9.59 Å². The Bertz CT molecular complexity index is 509. The second-order valence-corrected chi connectivity index (χ2v) is 6.72. The van der Waals surface area contributed by atoms with Gasteiger partial charge in [0.1, 0.15) is 0 Å². The van der Waals surface area contributed by atoms with Gasteiger partial charge in [-0.1, -0.05) is 40.9 Å². The second-order valence-electron chi connectivity index (χ2n) is 5.81. The first-order valence-electron chi connectivity index (χ1n) is 7.70. The average molecular weight is 368 g/mol. The predicted molar refractivity (Wildman–Crippen MR) is 88.2 cm³/mol. The van der Waals surface area contributed by atoms with Crippen molar-refractivity contribution in [3.05, 3.63) is 34.3 Å². The van der Waals surface area contributed by atoms with Gasteiger partial charge in [0.2, 0.25) is 5.91 Å². The molecule has 1 fully saturated rings. The molecule has 120 valence electrons. The molecule has 1 amide bonds. The first-order chi connectivity index (χ1) is 10.6. The lowest BCUT2D eigenvalue weighted by atomic mass is 10.0. The zero-order valence-corrected chi connectivity index (χ0v) is 14.4. The van der Waals surface area contributed by atoms with E-state index in [0.717, 1.165) is 22.9 Å². The molecule has 1 aliphatic rings. The summed E-state index contributed by atoms with van der Waals surface area (Å²) >= 11 is 3.39. The molecule has 1 saturated carbocycles. The van der Waals surface area contributed by atoms with Crippen LogP contribution in [0, 0.1) is 5.92 Å². The standard InChI is InChI=1S/C17H22BrNO3/c1-22-17(21)11-15(13-6-8-14(18)9-7-13)19-16(20)10-12-4-2-3-5-12/h6-9,12,15H,2-5,10-11H2,1H3,(H,19,20). The van der Waals surface area contributed by atoms with Gasteiger partial charge in [0.25, 0.3) is 0 Å². The van der Waals surface area contributed by atoms with Crippen LogP contribution in [0.4, 0.5) is 0 Å². The summed E-state index contributed by atoms with van der Waals surface area (Å²) in [4.78, 5) is 23.9. The van der Waals surface area contributed by atoms with Crippen molar-refractivity contribution in [2.45, 2.75) is 44.6 Å². The van der Waals surface area contributed by atoms with Crippen molar-refractivity contribution >= 4 is 27.8 Å². The highest BCUT2D eigenvalue weighted by molar-refractivity contribution is 9.10. The summed E-state index contributed by atoms with van der Waals surface area (Å²) in [7, 11) is 1.36. The van der Waals surface area contributed by atoms with E-state index in [2.05, 4.69) is 21.2 Å². The highest BCUT2D eigenvalue weighted by Crippen LogP contribution is 2.28. The fourth-order valence-corrected chi connectivity index (χ4v) is 3.19. The lowest BCUT2D eigenvalue weighted by molar-refractivity contribution is -0.141. The van der Waals surface area contributed by atoms with Crippen LogP contribution < -0.4 is 5.32 Å². The van der Waals surface area contributed by atoms with Crippen LogP contribution in [-0.4, -0.2) is 19.0 Å². The Labute approximate surface area is 139 Å². The summed E-state index contributed by atoms with van der Waals surface area (Å²) in [6.07, 6.45) is 5.40. The summed E-state index contributed by atoms with van der Waals surface area (Å²) in [5.74, 6) is 0.182. The van der Waals surface area contributed by atoms with Gasteiger partial charge in [0, 0.05) is 10.9 Å². The van der Waals surface area contributed by atoms with E-state index in [-0.39, 0.29) is 24.3 Å². The van der Waals surface area contributed by atoms with Crippen LogP contribution in [-0.2, 0) is 14.3 Å². The lowest BCUT2D eigenvalue weighted by Gasteiger charge is -2.19. The monoisotopic (exact) mass is 367 g/mol. The number of carbonyl (C=O) groups is 2. The Morgan fingerprint density at radius 3 is 2.50 bits per heavy atom. The molecule has 0 heterocycles. The number of amides is 1. The van der Waals surface area contributed by atoms with Gasteiger partial charge in [0.15, 0.2) is 0 Å². The van der Waals surface area contributed by atoms with Gasteiger partial charge in [-0.25, -0.2) is 0 Å². The maximum absolute atomic E-state index is 12.2. The van der Waals surface area contributed by atoms with Crippen molar-refractivity contribution < 1.29 is 14.3 Å². The molecular formula is C17H22BrNO3. The Morgan fingerprint density at radius 2 is 1.91 bits per heavy atom. The summed E-state index contributed by atoms with van der Waals surface area (Å²) in [5.41, 5.74) is 0.911. The number of carbonyl (C=O) groups excluding carboxylic acids is 2. The van der Waals surface area contributed by atoms with E-state index in [0.29, 0.717) is 12.3 Å². The molecule has 5 heteroatoms. The van der Waals surface area contributed by atoms with Crippen LogP contribution in [0.15, 0.2) is 28.7 Å². The fraction of sp³-hybridized carbons (Fsp3) is 0.529. The maximum atomic E-state index is 12.2. The van der Waals surface area contributed by atoms with Gasteiger partial charge in [-0.15, -0.1) is 0 Å². The third-order valence-electron chi connectivity index (χ3n) is 4.15. The van der Waals surface area contributed by atoms with Crippen LogP contribution in [0.2, 0.25) is 0 Å². The molecule has 1 unspecified atom stereocenters. The smallest absolute Gasteiger partial charge is 0.307 e. The minimum absolute atomic E-state index is 0.0173. The minimum atomic E-state index is -0.338. The Kier molecular flexibility index (Phi) is 6.43. The zero-order valence-electron chi connectivity index (χ0n) is 12.8. The Morgan fingerprint density at radius 1 is 1.27 bits per heavy atom. The number of methoxy groups -OCH3 is 1. The third kappa shape index (κ3) is 5.13. The molecule has 0 aliphatic heterocycles. The molecule has 4 nitrogen and oxygen atoms in total. The molecule has 1 aromatic carbocycles. The molecule has 1 N–H and O–H groups in total. The molecular weight excluding hydrogens is 346 g/mol. The molecule has 1 aromatic rings. The SMILES string of the molecule is COC(=O)CC(NC(=O)CC1CCCC1)c1ccc(Br)cc1. The number of rotatable bonds is 6. The van der Waals surface area contributed by atoms with Crippen LogP contribution >= 0.6 is 15.9 Å². The number of benzene rings is 1. The molecule has 1 atom stereocenters. The van der Waals surface area contributed by atoms with Crippen LogP contribution in [0.1, 0.15) is 50.1 Å². The van der Waals surface area contributed by atoms with Crippen molar-refractivity contribution in [3.63, 3.8) is 0 Å². The summed E-state index contributed by atoms with van der Waals surface area (Å²) in [6.45, 7) is 0. The van der Waals surface area contributed by atoms with Crippen molar-refractivity contribution in [1.29, 1.82) is 0 Å². The number of ether oxygens (including phenoxy) is 1. The van der Waals surface area contributed by atoms with E-state index in [9.17, 15) is 9.59 Å². The molecule has 0 spiro atoms. The van der Waals surface area contributed by atoms with Crippen LogP contribution in [0.5, 0.6) is 0 Å². The maximum Gasteiger partial charge on any atom is 0.307 e. The lowest BCUT2D eigenvalue weighted by Crippen LogP contribution is -2.31. The highest BCUT2D eigenvalue weighted by Gasteiger charge is 2.22. The average Bonchev–Trinajstić information content (AvgIpc) is 3.00. The number of esters is 1. The van der Waals surface area contributed by atoms with E-state index in [1.807, 2.05) is 24.3 Å². The Balaban J connectivity index is 2.01. The molecule has 0 radical (unpaired) electrons. The summed E-state index contributed by atoms with van der Waals surface area (Å²) in [6, 6.07) is 7.29. The zero-order chi connectivity index (χ0) is 15.9. The van der Waals surface area contributed by atoms with E-state index in [1.165, 1.54) is 20.0 Å². The molecule has 0 saturated heterocycles. The molecule has 22 heavy (non-hydrogen) atoms. The predicted octanol–water partition coefficient (Wildman–Crippen LogP) is 3.75. The molecule has 1 aliphatic carbocycles. The quantitative estimate of drug-likeness (QED) is 0.778. The van der Waals surface area contributed by atoms with Gasteiger partial charge in [0.05, 0.1) is 19.6 Å². The van der Waals surface area contributed by atoms with Crippen molar-refractivity contribution in [3.8, 4) is 0 Å². The van der Waals surface area contributed by atoms with E-state index >= 15 is 0 Å². The molecule has 0 aromatic heterocycles. The van der Waals surface area contributed by atoms with Crippen molar-refractivity contribution in [2.24, 2.45) is 5.92 Å². The number of hydrogen-bond acceptors (Lipinski definition) is 3. The van der Waals surface area contributed by atoms with E-state index in [1.54, 1.807) is 0 Å². The number of hydrogen-bond donors (Lipinski definition) is 1. The number of nitrogens with one attached hydrogen (secondary N) is 1. The summed E-state index contributed by atoms with van der Waals surface area (Å²) < 4.78 is 5.70. The van der Waals surface area contributed by atoms with Gasteiger partial charge < -0.3 is 10.1 Å². The van der Waals surface area contributed by atoms with Crippen molar-refractivity contribution in [1.82, 2.24) is 5.32 Å². The highest BCUT2D eigenvalue weighted by atomic mass is 79.9. The largest absolute Gasteiger partial charge is 0.469 e. The Hall–Kier alpha value is -1.36. The topological polar surface area (TPSA) is 55.4 Å². The molecule has 0 bridgehead atoms. The number of halogens is 1. The third-order valence-corrected chi connectivity index (χ3v) is 4.68. The first kappa shape index (κ1) is 17.0. The van der Waals surface area contributed by atoms with Crippen LogP contribution in [0.3, 0.4) is 0 Å². The van der Waals surface area contributed by atoms with Gasteiger partial charge in [-0.2, -0.15) is 0 Å². The fourth-order valence-electron chi connectivity index (χ4n) is 2.93. The normalized spacial score (nSPS) is 16.3. The second kappa shape index (κ2) is 8.32. The molecule has 2 rings (SSSR count). The summed E-state index contributed by atoms with van der Waals surface area (Å²) in [5, 5.41) is 2.99. The van der Waals surface area contributed by atoms with E-state index < -0.39 is 0 Å². The van der Waals surface area contributed by atoms with Gasteiger partial charge in [-0.05, 0) is 36.5 Å². The van der Waals surface area contributed by atoms with Crippen LogP contribution in [0.25, 0.3) is 0 Å². The minimum Gasteiger partial charge on any atom is -0.469 e. The van der Waals surface area contributed by atoms with Gasteiger partial charge >= 0.3 is 5.97 Å². The first-order valence-corrected chi connectivity index (χ1v) is 8.49.